The van der Waals surface area contributed by atoms with Crippen molar-refractivity contribution in [2.24, 2.45) is 0 Å². The molecule has 1 N–H and O–H groups in total. The van der Waals surface area contributed by atoms with Crippen molar-refractivity contribution in [2.45, 2.75) is 12.7 Å². The maximum atomic E-state index is 12.7. The fraction of sp³-hybridized carbons (Fsp3) is 0.188. The molecule has 7 heteroatoms. The summed E-state index contributed by atoms with van der Waals surface area (Å²) in [5, 5.41) is 2.46. The molecule has 2 rings (SSSR count). The van der Waals surface area contributed by atoms with Crippen LogP contribution in [-0.2, 0) is 12.7 Å². The van der Waals surface area contributed by atoms with E-state index < -0.39 is 17.8 Å². The molecule has 2 aromatic rings. The van der Waals surface area contributed by atoms with E-state index in [4.69, 9.17) is 0 Å². The number of carbonyl (C=O) groups is 1. The molecular formula is C16H14BrF3N2O. The Kier molecular flexibility index (Phi) is 5.30. The fourth-order valence-corrected chi connectivity index (χ4v) is 2.19. The van der Waals surface area contributed by atoms with Gasteiger partial charge in [-0.2, -0.15) is 13.2 Å². The van der Waals surface area contributed by atoms with Crippen molar-refractivity contribution in [3.8, 4) is 0 Å². The number of benzene rings is 2. The van der Waals surface area contributed by atoms with E-state index in [-0.39, 0.29) is 5.69 Å². The summed E-state index contributed by atoms with van der Waals surface area (Å²) in [6.45, 7) is 0.345. The Hall–Kier alpha value is -2.02. The zero-order valence-corrected chi connectivity index (χ0v) is 13.8. The molecule has 0 atom stereocenters. The average Bonchev–Trinajstić information content (AvgIpc) is 2.49. The maximum Gasteiger partial charge on any atom is 0.416 e. The number of anilines is 1. The highest BCUT2D eigenvalue weighted by atomic mass is 79.9. The van der Waals surface area contributed by atoms with Gasteiger partial charge in [-0.05, 0) is 35.9 Å². The minimum atomic E-state index is -4.44. The molecule has 0 aliphatic rings. The van der Waals surface area contributed by atoms with Crippen LogP contribution in [0.4, 0.5) is 23.7 Å². The summed E-state index contributed by atoms with van der Waals surface area (Å²) in [6.07, 6.45) is -4.44. The summed E-state index contributed by atoms with van der Waals surface area (Å²) in [6, 6.07) is 11.5. The molecule has 2 amide bonds. The van der Waals surface area contributed by atoms with E-state index in [0.717, 1.165) is 22.2 Å². The maximum absolute atomic E-state index is 12.7. The number of alkyl halides is 3. The summed E-state index contributed by atoms with van der Waals surface area (Å²) in [5.74, 6) is 0. The van der Waals surface area contributed by atoms with Gasteiger partial charge < -0.3 is 10.2 Å². The summed E-state index contributed by atoms with van der Waals surface area (Å²) in [5.41, 5.74) is 0.216. The quantitative estimate of drug-likeness (QED) is 0.778. The van der Waals surface area contributed by atoms with Crippen molar-refractivity contribution in [3.63, 3.8) is 0 Å². The van der Waals surface area contributed by atoms with Crippen molar-refractivity contribution in [3.05, 3.63) is 64.1 Å². The van der Waals surface area contributed by atoms with Gasteiger partial charge in [0, 0.05) is 23.8 Å². The third kappa shape index (κ3) is 4.99. The molecule has 0 spiro atoms. The lowest BCUT2D eigenvalue weighted by atomic mass is 10.2. The predicted octanol–water partition coefficient (Wildman–Crippen LogP) is 5.13. The van der Waals surface area contributed by atoms with Crippen LogP contribution in [0, 0.1) is 0 Å². The Morgan fingerprint density at radius 2 is 1.83 bits per heavy atom. The van der Waals surface area contributed by atoms with E-state index in [9.17, 15) is 18.0 Å². The van der Waals surface area contributed by atoms with Crippen LogP contribution >= 0.6 is 15.9 Å². The minimum absolute atomic E-state index is 0.104. The molecule has 0 saturated heterocycles. The van der Waals surface area contributed by atoms with Gasteiger partial charge in [-0.25, -0.2) is 4.79 Å². The second-order valence-electron chi connectivity index (χ2n) is 4.99. The van der Waals surface area contributed by atoms with Gasteiger partial charge in [-0.3, -0.25) is 0 Å². The molecule has 0 radical (unpaired) electrons. The minimum Gasteiger partial charge on any atom is -0.323 e. The number of hydrogen-bond donors (Lipinski definition) is 1. The number of hydrogen-bond acceptors (Lipinski definition) is 1. The fourth-order valence-electron chi connectivity index (χ4n) is 1.93. The van der Waals surface area contributed by atoms with Crippen molar-refractivity contribution >= 4 is 27.6 Å². The van der Waals surface area contributed by atoms with Crippen LogP contribution in [0.2, 0.25) is 0 Å². The van der Waals surface area contributed by atoms with Crippen LogP contribution in [0.5, 0.6) is 0 Å². The Labute approximate surface area is 140 Å². The first kappa shape index (κ1) is 17.3. The third-order valence-corrected chi connectivity index (χ3v) is 3.65. The standard InChI is InChI=1S/C16H14BrF3N2O/c1-22(10-11-5-7-13(17)8-6-11)15(23)21-14-4-2-3-12(9-14)16(18,19)20/h2-9H,10H2,1H3,(H,21,23). The Morgan fingerprint density at radius 1 is 1.17 bits per heavy atom. The number of rotatable bonds is 3. The lowest BCUT2D eigenvalue weighted by molar-refractivity contribution is -0.137. The number of halogens is 4. The highest BCUT2D eigenvalue weighted by Crippen LogP contribution is 2.30. The largest absolute Gasteiger partial charge is 0.416 e. The predicted molar refractivity (Wildman–Crippen MR) is 86.1 cm³/mol. The first-order valence-electron chi connectivity index (χ1n) is 6.69. The first-order valence-corrected chi connectivity index (χ1v) is 7.49. The number of urea groups is 1. The monoisotopic (exact) mass is 386 g/mol. The summed E-state index contributed by atoms with van der Waals surface area (Å²) in [7, 11) is 1.57. The number of amides is 2. The second kappa shape index (κ2) is 7.04. The number of nitrogens with one attached hydrogen (secondary N) is 1. The Morgan fingerprint density at radius 3 is 2.43 bits per heavy atom. The Bertz CT molecular complexity index is 686. The van der Waals surface area contributed by atoms with Crippen molar-refractivity contribution in [2.75, 3.05) is 12.4 Å². The van der Waals surface area contributed by atoms with E-state index in [1.165, 1.54) is 17.0 Å². The van der Waals surface area contributed by atoms with Crippen LogP contribution in [0.15, 0.2) is 53.0 Å². The average molecular weight is 387 g/mol. The summed E-state index contributed by atoms with van der Waals surface area (Å²) < 4.78 is 38.9. The molecule has 23 heavy (non-hydrogen) atoms. The van der Waals surface area contributed by atoms with Crippen LogP contribution in [0.1, 0.15) is 11.1 Å². The molecule has 3 nitrogen and oxygen atoms in total. The van der Waals surface area contributed by atoms with Gasteiger partial charge in [0.2, 0.25) is 0 Å². The molecule has 0 heterocycles. The smallest absolute Gasteiger partial charge is 0.323 e. The van der Waals surface area contributed by atoms with Crippen molar-refractivity contribution in [1.82, 2.24) is 4.90 Å². The number of nitrogens with zero attached hydrogens (tertiary/aromatic N) is 1. The summed E-state index contributed by atoms with van der Waals surface area (Å²) >= 11 is 3.32. The second-order valence-corrected chi connectivity index (χ2v) is 5.91. The zero-order valence-electron chi connectivity index (χ0n) is 12.2. The van der Waals surface area contributed by atoms with Crippen LogP contribution in [0.25, 0.3) is 0 Å². The van der Waals surface area contributed by atoms with E-state index in [1.54, 1.807) is 7.05 Å². The van der Waals surface area contributed by atoms with Gasteiger partial charge in [-0.15, -0.1) is 0 Å². The van der Waals surface area contributed by atoms with Gasteiger partial charge in [-0.1, -0.05) is 34.1 Å². The van der Waals surface area contributed by atoms with Crippen molar-refractivity contribution in [1.29, 1.82) is 0 Å². The zero-order chi connectivity index (χ0) is 17.0. The molecular weight excluding hydrogens is 373 g/mol. The molecule has 0 fully saturated rings. The van der Waals surface area contributed by atoms with Gasteiger partial charge in [0.15, 0.2) is 0 Å². The topological polar surface area (TPSA) is 32.3 Å². The molecule has 0 aliphatic heterocycles. The molecule has 0 aliphatic carbocycles. The normalized spacial score (nSPS) is 11.2. The van der Waals surface area contributed by atoms with Crippen molar-refractivity contribution < 1.29 is 18.0 Å². The van der Waals surface area contributed by atoms with Gasteiger partial charge in [0.1, 0.15) is 0 Å². The number of carbonyl (C=O) groups excluding carboxylic acids is 1. The summed E-state index contributed by atoms with van der Waals surface area (Å²) in [4.78, 5) is 13.5. The highest BCUT2D eigenvalue weighted by molar-refractivity contribution is 9.10. The SMILES string of the molecule is CN(Cc1ccc(Br)cc1)C(=O)Nc1cccc(C(F)(F)F)c1. The van der Waals surface area contributed by atoms with Gasteiger partial charge >= 0.3 is 12.2 Å². The van der Waals surface area contributed by atoms with E-state index in [2.05, 4.69) is 21.2 Å². The lowest BCUT2D eigenvalue weighted by Crippen LogP contribution is -2.30. The molecule has 122 valence electrons. The van der Waals surface area contributed by atoms with Crippen LogP contribution < -0.4 is 5.32 Å². The molecule has 0 bridgehead atoms. The third-order valence-electron chi connectivity index (χ3n) is 3.12. The van der Waals surface area contributed by atoms with Crippen LogP contribution in [0.3, 0.4) is 0 Å². The lowest BCUT2D eigenvalue weighted by Gasteiger charge is -2.18. The molecule has 0 unspecified atom stereocenters. The first-order chi connectivity index (χ1) is 10.8. The van der Waals surface area contributed by atoms with E-state index in [1.807, 2.05) is 24.3 Å². The highest BCUT2D eigenvalue weighted by Gasteiger charge is 2.30. The van der Waals surface area contributed by atoms with Gasteiger partial charge in [0.05, 0.1) is 5.56 Å². The van der Waals surface area contributed by atoms with E-state index in [0.29, 0.717) is 6.54 Å². The van der Waals surface area contributed by atoms with E-state index >= 15 is 0 Å². The Balaban J connectivity index is 2.02. The molecule has 0 saturated carbocycles. The van der Waals surface area contributed by atoms with Crippen LogP contribution in [-0.4, -0.2) is 18.0 Å². The van der Waals surface area contributed by atoms with Gasteiger partial charge in [0.25, 0.3) is 0 Å². The molecule has 0 aromatic heterocycles. The molecule has 2 aromatic carbocycles.